The number of hydrogen-bond donors (Lipinski definition) is 2. The first kappa shape index (κ1) is 15.8. The van der Waals surface area contributed by atoms with Crippen molar-refractivity contribution in [2.75, 3.05) is 0 Å². The second-order valence-corrected chi connectivity index (χ2v) is 2.96. The maximum absolute atomic E-state index is 5.56. The zero-order chi connectivity index (χ0) is 13.3. The Labute approximate surface area is 108 Å². The lowest BCUT2D eigenvalue weighted by Crippen LogP contribution is -1.93. The number of fused-ring (bicyclic) bond motifs is 1. The largest absolute Gasteiger partial charge is 0.386 e. The van der Waals surface area contributed by atoms with Crippen LogP contribution in [0.25, 0.3) is 10.9 Å². The third-order valence-electron chi connectivity index (χ3n) is 2.05. The molecule has 0 aliphatic carbocycles. The summed E-state index contributed by atoms with van der Waals surface area (Å²) >= 11 is 5.25. The van der Waals surface area contributed by atoms with Gasteiger partial charge in [-0.1, -0.05) is 27.7 Å². The van der Waals surface area contributed by atoms with Crippen molar-refractivity contribution in [2.45, 2.75) is 34.2 Å². The highest BCUT2D eigenvalue weighted by Crippen LogP contribution is 2.23. The van der Waals surface area contributed by atoms with Gasteiger partial charge in [-0.25, -0.2) is 0 Å². The quantitative estimate of drug-likeness (QED) is 0.846. The van der Waals surface area contributed by atoms with E-state index in [2.05, 4.69) is 9.27 Å². The van der Waals surface area contributed by atoms with Crippen LogP contribution in [-0.4, -0.2) is 4.98 Å². The highest BCUT2D eigenvalue weighted by molar-refractivity contribution is 6.09. The van der Waals surface area contributed by atoms with Crippen molar-refractivity contribution in [1.29, 1.82) is 0 Å². The molecular formula is C13H21ClN2O. The van der Waals surface area contributed by atoms with Gasteiger partial charge >= 0.3 is 0 Å². The first-order valence-corrected chi connectivity index (χ1v) is 6.24. The summed E-state index contributed by atoms with van der Waals surface area (Å²) in [4.78, 5) is 3.11. The minimum Gasteiger partial charge on any atom is -0.386 e. The number of aromatic amines is 1. The summed E-state index contributed by atoms with van der Waals surface area (Å²) < 4.78 is 4.61. The smallest absolute Gasteiger partial charge is 0.147 e. The van der Waals surface area contributed by atoms with Crippen LogP contribution in [0.1, 0.15) is 33.3 Å². The Balaban J connectivity index is 0.000000581. The molecule has 2 rings (SSSR count). The first-order chi connectivity index (χ1) is 8.35. The molecule has 4 heteroatoms. The second-order valence-electron chi connectivity index (χ2n) is 2.80. The van der Waals surface area contributed by atoms with E-state index >= 15 is 0 Å². The van der Waals surface area contributed by atoms with Crippen molar-refractivity contribution >= 4 is 22.8 Å². The van der Waals surface area contributed by atoms with Crippen molar-refractivity contribution in [3.63, 3.8) is 0 Å². The highest BCUT2D eigenvalue weighted by atomic mass is 35.5. The molecule has 0 saturated heterocycles. The normalized spacial score (nSPS) is 8.82. The average molecular weight is 257 g/mol. The van der Waals surface area contributed by atoms with Crippen LogP contribution in [0.4, 0.5) is 0 Å². The molecule has 0 spiro atoms. The minimum absolute atomic E-state index is 0.506. The molecule has 0 aliphatic rings. The van der Waals surface area contributed by atoms with Gasteiger partial charge in [0.1, 0.15) is 17.6 Å². The number of nitrogens with one attached hydrogen (secondary N) is 1. The molecular weight excluding hydrogens is 236 g/mol. The van der Waals surface area contributed by atoms with Gasteiger partial charge in [-0.05, 0) is 23.8 Å². The topological polar surface area (TPSA) is 51.0 Å². The standard InChI is InChI=1S/C9H9ClN2O.2C2H6/c10-13-7-1-2-9-8(3-7)6(4-11)5-12-9;2*1-2/h1-3,5,12H,4,11H2;2*1-2H3. The van der Waals surface area contributed by atoms with Crippen molar-refractivity contribution in [2.24, 2.45) is 5.73 Å². The molecule has 0 amide bonds. The van der Waals surface area contributed by atoms with E-state index in [4.69, 9.17) is 17.6 Å². The van der Waals surface area contributed by atoms with E-state index in [1.54, 1.807) is 6.07 Å². The van der Waals surface area contributed by atoms with E-state index in [0.29, 0.717) is 12.3 Å². The Morgan fingerprint density at radius 1 is 1.24 bits per heavy atom. The summed E-state index contributed by atoms with van der Waals surface area (Å²) in [5, 5.41) is 1.06. The fourth-order valence-electron chi connectivity index (χ4n) is 1.37. The van der Waals surface area contributed by atoms with Crippen LogP contribution >= 0.6 is 11.9 Å². The van der Waals surface area contributed by atoms with Crippen LogP contribution in [0.3, 0.4) is 0 Å². The summed E-state index contributed by atoms with van der Waals surface area (Å²) in [6.07, 6.45) is 1.89. The van der Waals surface area contributed by atoms with Crippen LogP contribution in [0, 0.1) is 0 Å². The van der Waals surface area contributed by atoms with Crippen LogP contribution in [0.15, 0.2) is 24.4 Å². The van der Waals surface area contributed by atoms with Crippen molar-refractivity contribution < 1.29 is 4.29 Å². The van der Waals surface area contributed by atoms with Gasteiger partial charge in [-0.15, -0.1) is 0 Å². The third kappa shape index (κ3) is 3.95. The molecule has 1 heterocycles. The molecule has 0 aliphatic heterocycles. The van der Waals surface area contributed by atoms with Crippen molar-refractivity contribution in [3.05, 3.63) is 30.0 Å². The molecule has 0 bridgehead atoms. The molecule has 17 heavy (non-hydrogen) atoms. The van der Waals surface area contributed by atoms with Gasteiger partial charge in [0.25, 0.3) is 0 Å². The second kappa shape index (κ2) is 8.90. The number of halogens is 1. The maximum Gasteiger partial charge on any atom is 0.147 e. The van der Waals surface area contributed by atoms with Crippen LogP contribution < -0.4 is 10.0 Å². The van der Waals surface area contributed by atoms with Gasteiger partial charge < -0.3 is 15.0 Å². The van der Waals surface area contributed by atoms with Gasteiger partial charge in [-0.2, -0.15) is 0 Å². The third-order valence-corrected chi connectivity index (χ3v) is 2.23. The fourth-order valence-corrected chi connectivity index (χ4v) is 1.47. The van der Waals surface area contributed by atoms with Crippen molar-refractivity contribution in [1.82, 2.24) is 4.98 Å². The van der Waals surface area contributed by atoms with Gasteiger partial charge in [0.15, 0.2) is 0 Å². The van der Waals surface area contributed by atoms with E-state index < -0.39 is 0 Å². The molecule has 0 fully saturated rings. The number of rotatable bonds is 2. The first-order valence-electron chi connectivity index (χ1n) is 5.94. The lowest BCUT2D eigenvalue weighted by Gasteiger charge is -1.97. The lowest BCUT2D eigenvalue weighted by atomic mass is 10.2. The zero-order valence-electron chi connectivity index (χ0n) is 10.9. The fraction of sp³-hybridized carbons (Fsp3) is 0.385. The summed E-state index contributed by atoms with van der Waals surface area (Å²) in [5.41, 5.74) is 7.66. The van der Waals surface area contributed by atoms with E-state index in [9.17, 15) is 0 Å². The van der Waals surface area contributed by atoms with Crippen molar-refractivity contribution in [3.8, 4) is 5.75 Å². The Morgan fingerprint density at radius 2 is 1.88 bits per heavy atom. The molecule has 0 unspecified atom stereocenters. The number of H-pyrrole nitrogens is 1. The Morgan fingerprint density at radius 3 is 2.41 bits per heavy atom. The highest BCUT2D eigenvalue weighted by Gasteiger charge is 2.03. The molecule has 2 aromatic rings. The monoisotopic (exact) mass is 256 g/mol. The van der Waals surface area contributed by atoms with Crippen LogP contribution in [0.2, 0.25) is 0 Å². The van der Waals surface area contributed by atoms with Gasteiger partial charge in [0.05, 0.1) is 0 Å². The zero-order valence-corrected chi connectivity index (χ0v) is 11.6. The maximum atomic E-state index is 5.56. The Hall–Kier alpha value is -1.19. The lowest BCUT2D eigenvalue weighted by molar-refractivity contribution is 0.620. The number of nitrogens with two attached hydrogens (primary N) is 1. The van der Waals surface area contributed by atoms with E-state index in [1.807, 2.05) is 46.0 Å². The molecule has 0 radical (unpaired) electrons. The van der Waals surface area contributed by atoms with Crippen LogP contribution in [-0.2, 0) is 6.54 Å². The predicted molar refractivity (Wildman–Crippen MR) is 75.4 cm³/mol. The molecule has 96 valence electrons. The summed E-state index contributed by atoms with van der Waals surface area (Å²) in [6, 6.07) is 5.57. The van der Waals surface area contributed by atoms with Crippen LogP contribution in [0.5, 0.6) is 5.75 Å². The Kier molecular flexibility index (Phi) is 8.28. The molecule has 0 saturated carbocycles. The van der Waals surface area contributed by atoms with Gasteiger partial charge in [0, 0.05) is 23.6 Å². The minimum atomic E-state index is 0.506. The molecule has 3 nitrogen and oxygen atoms in total. The number of hydrogen-bond acceptors (Lipinski definition) is 2. The predicted octanol–water partition coefficient (Wildman–Crippen LogP) is 4.21. The van der Waals surface area contributed by atoms with E-state index in [-0.39, 0.29) is 0 Å². The molecule has 0 atom stereocenters. The average Bonchev–Trinajstić information content (AvgIpc) is 2.85. The van der Waals surface area contributed by atoms with Gasteiger partial charge in [-0.3, -0.25) is 0 Å². The number of aromatic nitrogens is 1. The van der Waals surface area contributed by atoms with Gasteiger partial charge in [0.2, 0.25) is 0 Å². The van der Waals surface area contributed by atoms with E-state index in [1.165, 1.54) is 0 Å². The SMILES string of the molecule is CC.CC.NCc1c[nH]c2ccc(OCl)cc12. The summed E-state index contributed by atoms with van der Waals surface area (Å²) in [6.45, 7) is 8.51. The summed E-state index contributed by atoms with van der Waals surface area (Å²) in [5.74, 6) is 0.628. The molecule has 1 aromatic heterocycles. The summed E-state index contributed by atoms with van der Waals surface area (Å²) in [7, 11) is 0. The number of benzene rings is 1. The molecule has 1 aromatic carbocycles. The van der Waals surface area contributed by atoms with E-state index in [0.717, 1.165) is 16.5 Å². The Bertz CT molecular complexity index is 426. The molecule has 3 N–H and O–H groups in total.